The lowest BCUT2D eigenvalue weighted by molar-refractivity contribution is 0.0999. The number of para-hydroxylation sites is 1. The Morgan fingerprint density at radius 2 is 1.58 bits per heavy atom. The first kappa shape index (κ1) is 26.3. The molecule has 3 heterocycles. The second kappa shape index (κ2) is 11.2. The summed E-state index contributed by atoms with van der Waals surface area (Å²) in [5.41, 5.74) is 14.9. The van der Waals surface area contributed by atoms with Gasteiger partial charge in [0.2, 0.25) is 5.91 Å². The minimum absolute atomic E-state index is 0.173. The molecule has 0 saturated carbocycles. The summed E-state index contributed by atoms with van der Waals surface area (Å²) >= 11 is 1.72. The molecule has 1 saturated heterocycles. The van der Waals surface area contributed by atoms with E-state index in [-0.39, 0.29) is 17.7 Å². The Morgan fingerprint density at radius 3 is 2.24 bits per heavy atom. The Labute approximate surface area is 229 Å². The minimum atomic E-state index is -0.362. The molecule has 0 aliphatic carbocycles. The number of carbonyl (C=O) groups excluding carboxylic acids is 1. The van der Waals surface area contributed by atoms with Crippen LogP contribution in [-0.2, 0) is 6.54 Å². The van der Waals surface area contributed by atoms with Crippen molar-refractivity contribution in [3.05, 3.63) is 98.6 Å². The van der Waals surface area contributed by atoms with Crippen LogP contribution in [0.4, 0.5) is 0 Å². The number of hydrogen-bond donors (Lipinski definition) is 1. The molecule has 2 aromatic heterocycles. The predicted octanol–water partition coefficient (Wildman–Crippen LogP) is 7.13. The molecule has 1 aliphatic heterocycles. The number of thiazole rings is 1. The van der Waals surface area contributed by atoms with E-state index in [4.69, 9.17) is 10.7 Å². The number of carbonyl (C=O) groups is 1. The topological polar surface area (TPSA) is 72.1 Å². The van der Waals surface area contributed by atoms with Crippen molar-refractivity contribution in [3.8, 4) is 0 Å². The maximum absolute atomic E-state index is 12.5. The van der Waals surface area contributed by atoms with Gasteiger partial charge in [0.25, 0.3) is 0 Å². The standard InChI is InChI=1S/C32H36N4OS/c1-20(2)28-24(10-11-26(32(33)37)29(28)21(3)4)30(25-9-5-7-23-8-6-14-35-31(23)25)22-12-16-36(17-13-22)19-27-34-15-18-38-27/h5-11,14-15,18,20-21H,12-13,16-17,19H2,1-4H3,(H2,33,37). The summed E-state index contributed by atoms with van der Waals surface area (Å²) in [5.74, 6) is 0.0378. The molecule has 0 radical (unpaired) electrons. The summed E-state index contributed by atoms with van der Waals surface area (Å²) in [7, 11) is 0. The fraction of sp³-hybridized carbons (Fsp3) is 0.344. The largest absolute Gasteiger partial charge is 0.366 e. The van der Waals surface area contributed by atoms with Crippen molar-refractivity contribution >= 4 is 33.7 Å². The lowest BCUT2D eigenvalue weighted by Crippen LogP contribution is -2.30. The summed E-state index contributed by atoms with van der Waals surface area (Å²) in [6, 6.07) is 14.7. The second-order valence-electron chi connectivity index (χ2n) is 10.7. The summed E-state index contributed by atoms with van der Waals surface area (Å²) in [5, 5.41) is 4.35. The number of rotatable bonds is 7. The van der Waals surface area contributed by atoms with Crippen LogP contribution in [0.15, 0.2) is 65.8 Å². The molecule has 4 aromatic rings. The van der Waals surface area contributed by atoms with Gasteiger partial charge in [0.15, 0.2) is 0 Å². The fourth-order valence-electron chi connectivity index (χ4n) is 5.90. The maximum atomic E-state index is 12.5. The number of nitrogens with zero attached hydrogens (tertiary/aromatic N) is 3. The van der Waals surface area contributed by atoms with E-state index in [2.05, 4.69) is 67.9 Å². The molecule has 2 aromatic carbocycles. The predicted molar refractivity (Wildman–Crippen MR) is 158 cm³/mol. The van der Waals surface area contributed by atoms with Crippen LogP contribution in [0.1, 0.15) is 90.0 Å². The van der Waals surface area contributed by atoms with Gasteiger partial charge < -0.3 is 5.73 Å². The zero-order valence-electron chi connectivity index (χ0n) is 22.7. The highest BCUT2D eigenvalue weighted by atomic mass is 32.1. The van der Waals surface area contributed by atoms with E-state index in [9.17, 15) is 4.79 Å². The average Bonchev–Trinajstić information content (AvgIpc) is 3.42. The van der Waals surface area contributed by atoms with Crippen molar-refractivity contribution < 1.29 is 4.79 Å². The number of fused-ring (bicyclic) bond motifs is 1. The van der Waals surface area contributed by atoms with Crippen molar-refractivity contribution in [1.29, 1.82) is 0 Å². The molecule has 1 amide bonds. The summed E-state index contributed by atoms with van der Waals surface area (Å²) in [6.45, 7) is 11.6. The van der Waals surface area contributed by atoms with E-state index in [0.717, 1.165) is 54.5 Å². The molecule has 6 heteroatoms. The number of likely N-dealkylation sites (tertiary alicyclic amines) is 1. The molecule has 1 aliphatic rings. The molecule has 38 heavy (non-hydrogen) atoms. The first-order valence-electron chi connectivity index (χ1n) is 13.5. The van der Waals surface area contributed by atoms with Gasteiger partial charge in [-0.05, 0) is 59.1 Å². The third-order valence-electron chi connectivity index (χ3n) is 7.53. The molecule has 0 spiro atoms. The fourth-order valence-corrected chi connectivity index (χ4v) is 6.56. The van der Waals surface area contributed by atoms with Gasteiger partial charge in [0.05, 0.1) is 12.1 Å². The highest BCUT2D eigenvalue weighted by Gasteiger charge is 2.27. The Hall–Kier alpha value is -3.35. The molecule has 0 unspecified atom stereocenters. The smallest absolute Gasteiger partial charge is 0.248 e. The van der Waals surface area contributed by atoms with Crippen LogP contribution < -0.4 is 5.73 Å². The van der Waals surface area contributed by atoms with Crippen molar-refractivity contribution in [3.63, 3.8) is 0 Å². The van der Waals surface area contributed by atoms with E-state index >= 15 is 0 Å². The number of aromatic nitrogens is 2. The first-order chi connectivity index (χ1) is 18.3. The number of nitrogens with two attached hydrogens (primary N) is 1. The molecular weight excluding hydrogens is 488 g/mol. The normalized spacial score (nSPS) is 14.5. The van der Waals surface area contributed by atoms with Crippen LogP contribution in [0, 0.1) is 0 Å². The Kier molecular flexibility index (Phi) is 7.73. The molecule has 2 N–H and O–H groups in total. The molecule has 5 rings (SSSR count). The number of benzene rings is 2. The molecule has 0 atom stereocenters. The third-order valence-corrected chi connectivity index (χ3v) is 8.30. The van der Waals surface area contributed by atoms with Gasteiger partial charge >= 0.3 is 0 Å². The van der Waals surface area contributed by atoms with E-state index in [0.29, 0.717) is 5.56 Å². The number of amides is 1. The van der Waals surface area contributed by atoms with Crippen LogP contribution in [0.25, 0.3) is 16.5 Å². The second-order valence-corrected chi connectivity index (χ2v) is 11.7. The van der Waals surface area contributed by atoms with E-state index < -0.39 is 0 Å². The maximum Gasteiger partial charge on any atom is 0.248 e. The molecule has 1 fully saturated rings. The summed E-state index contributed by atoms with van der Waals surface area (Å²) in [6.07, 6.45) is 5.73. The zero-order chi connectivity index (χ0) is 26.8. The number of primary amides is 1. The number of pyridine rings is 1. The third kappa shape index (κ3) is 5.16. The highest BCUT2D eigenvalue weighted by Crippen LogP contribution is 2.42. The van der Waals surface area contributed by atoms with E-state index in [1.807, 2.05) is 29.9 Å². The Bertz CT molecular complexity index is 1470. The van der Waals surface area contributed by atoms with Gasteiger partial charge in [0, 0.05) is 47.4 Å². The van der Waals surface area contributed by atoms with Crippen molar-refractivity contribution in [2.45, 2.75) is 58.9 Å². The van der Waals surface area contributed by atoms with Gasteiger partial charge in [-0.25, -0.2) is 4.98 Å². The highest BCUT2D eigenvalue weighted by molar-refractivity contribution is 7.09. The molecular formula is C32H36N4OS. The van der Waals surface area contributed by atoms with E-state index in [1.54, 1.807) is 11.3 Å². The lowest BCUT2D eigenvalue weighted by Gasteiger charge is -2.31. The SMILES string of the molecule is CC(C)c1c(C(N)=O)ccc(C(=C2CCN(Cc3nccs3)CC2)c2cccc3cccnc23)c1C(C)C. The summed E-state index contributed by atoms with van der Waals surface area (Å²) < 4.78 is 0. The Morgan fingerprint density at radius 1 is 0.895 bits per heavy atom. The number of hydrogen-bond acceptors (Lipinski definition) is 5. The van der Waals surface area contributed by atoms with Gasteiger partial charge in [-0.2, -0.15) is 0 Å². The molecule has 5 nitrogen and oxygen atoms in total. The van der Waals surface area contributed by atoms with Crippen LogP contribution in [0.3, 0.4) is 0 Å². The minimum Gasteiger partial charge on any atom is -0.366 e. The summed E-state index contributed by atoms with van der Waals surface area (Å²) in [4.78, 5) is 24.3. The van der Waals surface area contributed by atoms with Crippen molar-refractivity contribution in [2.75, 3.05) is 13.1 Å². The van der Waals surface area contributed by atoms with Gasteiger partial charge in [-0.1, -0.05) is 63.6 Å². The van der Waals surface area contributed by atoms with Crippen molar-refractivity contribution in [1.82, 2.24) is 14.9 Å². The van der Waals surface area contributed by atoms with E-state index in [1.165, 1.54) is 27.3 Å². The monoisotopic (exact) mass is 524 g/mol. The van der Waals surface area contributed by atoms with Crippen LogP contribution >= 0.6 is 11.3 Å². The number of piperidine rings is 1. The lowest BCUT2D eigenvalue weighted by atomic mass is 9.78. The van der Waals surface area contributed by atoms with Gasteiger partial charge in [0.1, 0.15) is 5.01 Å². The molecule has 196 valence electrons. The molecule has 0 bridgehead atoms. The quantitative estimate of drug-likeness (QED) is 0.279. The van der Waals surface area contributed by atoms with Crippen LogP contribution in [0.2, 0.25) is 0 Å². The average molecular weight is 525 g/mol. The van der Waals surface area contributed by atoms with Crippen molar-refractivity contribution in [2.24, 2.45) is 5.73 Å². The first-order valence-corrected chi connectivity index (χ1v) is 14.4. The zero-order valence-corrected chi connectivity index (χ0v) is 23.5. The van der Waals surface area contributed by atoms with Gasteiger partial charge in [-0.15, -0.1) is 11.3 Å². The van der Waals surface area contributed by atoms with Crippen LogP contribution in [0.5, 0.6) is 0 Å². The Balaban J connectivity index is 1.71. The van der Waals surface area contributed by atoms with Gasteiger partial charge in [-0.3, -0.25) is 14.7 Å². The van der Waals surface area contributed by atoms with Crippen LogP contribution in [-0.4, -0.2) is 33.9 Å².